The Labute approximate surface area is 132 Å². The molecule has 0 atom stereocenters. The maximum Gasteiger partial charge on any atom is 0.338 e. The molecule has 20 heavy (non-hydrogen) atoms. The first-order valence-corrected chi connectivity index (χ1v) is 8.09. The lowest BCUT2D eigenvalue weighted by molar-refractivity contribution is 0.0485. The van der Waals surface area contributed by atoms with Crippen LogP contribution in [0, 0.1) is 9.39 Å². The van der Waals surface area contributed by atoms with Crippen LogP contribution < -0.4 is 0 Å². The summed E-state index contributed by atoms with van der Waals surface area (Å²) in [5.41, 5.74) is 0.411. The first kappa shape index (κ1) is 15.7. The highest BCUT2D eigenvalue weighted by molar-refractivity contribution is 14.1. The van der Waals surface area contributed by atoms with Crippen molar-refractivity contribution >= 4 is 28.6 Å². The fraction of sp³-hybridized carbons (Fsp3) is 0.533. The number of nitrogens with zero attached hydrogens (tertiary/aromatic N) is 1. The summed E-state index contributed by atoms with van der Waals surface area (Å²) < 4.78 is 18.8. The summed E-state index contributed by atoms with van der Waals surface area (Å²) in [5, 5.41) is 0. The summed E-state index contributed by atoms with van der Waals surface area (Å²) in [6, 6.07) is 4.28. The van der Waals surface area contributed by atoms with Crippen molar-refractivity contribution in [3.63, 3.8) is 0 Å². The lowest BCUT2D eigenvalue weighted by Crippen LogP contribution is -2.31. The summed E-state index contributed by atoms with van der Waals surface area (Å²) in [4.78, 5) is 14.2. The molecule has 0 aromatic heterocycles. The molecule has 2 rings (SSSR count). The fourth-order valence-corrected chi connectivity index (χ4v) is 2.86. The Morgan fingerprint density at radius 3 is 2.75 bits per heavy atom. The monoisotopic (exact) mass is 391 g/mol. The molecule has 0 aliphatic carbocycles. The van der Waals surface area contributed by atoms with Crippen molar-refractivity contribution in [2.24, 2.45) is 0 Å². The number of hydrogen-bond donors (Lipinski definition) is 0. The van der Waals surface area contributed by atoms with E-state index in [0.717, 1.165) is 26.1 Å². The molecule has 5 heteroatoms. The van der Waals surface area contributed by atoms with Crippen LogP contribution >= 0.6 is 22.6 Å². The quantitative estimate of drug-likeness (QED) is 0.438. The molecule has 0 unspecified atom stereocenters. The van der Waals surface area contributed by atoms with Gasteiger partial charge in [-0.1, -0.05) is 6.42 Å². The van der Waals surface area contributed by atoms with Crippen LogP contribution in [0.5, 0.6) is 0 Å². The van der Waals surface area contributed by atoms with Crippen LogP contribution in [0.2, 0.25) is 0 Å². The van der Waals surface area contributed by atoms with Gasteiger partial charge in [0.15, 0.2) is 0 Å². The zero-order valence-electron chi connectivity index (χ0n) is 11.4. The number of esters is 1. The third-order valence-corrected chi connectivity index (χ3v) is 4.28. The first-order valence-electron chi connectivity index (χ1n) is 7.01. The number of ether oxygens (including phenoxy) is 1. The van der Waals surface area contributed by atoms with E-state index in [1.165, 1.54) is 37.5 Å². The van der Waals surface area contributed by atoms with Crippen molar-refractivity contribution in [1.29, 1.82) is 0 Å². The van der Waals surface area contributed by atoms with Crippen molar-refractivity contribution in [2.45, 2.75) is 25.7 Å². The van der Waals surface area contributed by atoms with Crippen molar-refractivity contribution in [1.82, 2.24) is 4.90 Å². The zero-order chi connectivity index (χ0) is 14.4. The molecule has 0 amide bonds. The Morgan fingerprint density at radius 2 is 2.05 bits per heavy atom. The van der Waals surface area contributed by atoms with E-state index in [0.29, 0.717) is 15.7 Å². The van der Waals surface area contributed by atoms with E-state index in [1.807, 2.05) is 22.6 Å². The van der Waals surface area contributed by atoms with E-state index in [4.69, 9.17) is 4.74 Å². The molecule has 1 heterocycles. The van der Waals surface area contributed by atoms with Crippen LogP contribution in [0.4, 0.5) is 4.39 Å². The summed E-state index contributed by atoms with van der Waals surface area (Å²) in [5.74, 6) is -0.686. The normalized spacial score (nSPS) is 16.1. The summed E-state index contributed by atoms with van der Waals surface area (Å²) in [7, 11) is 0. The second kappa shape index (κ2) is 7.93. The highest BCUT2D eigenvalue weighted by Crippen LogP contribution is 2.14. The molecule has 1 saturated heterocycles. The number of carbonyl (C=O) groups excluding carboxylic acids is 1. The predicted octanol–water partition coefficient (Wildman–Crippen LogP) is 3.46. The summed E-state index contributed by atoms with van der Waals surface area (Å²) in [6.07, 6.45) is 4.72. The zero-order valence-corrected chi connectivity index (χ0v) is 13.6. The van der Waals surface area contributed by atoms with Gasteiger partial charge in [0.2, 0.25) is 0 Å². The highest BCUT2D eigenvalue weighted by atomic mass is 127. The molecule has 1 fully saturated rings. The van der Waals surface area contributed by atoms with E-state index >= 15 is 0 Å². The van der Waals surface area contributed by atoms with Gasteiger partial charge in [-0.15, -0.1) is 0 Å². The molecule has 1 aromatic carbocycles. The average Bonchev–Trinajstić information content (AvgIpc) is 2.47. The number of piperidine rings is 1. The average molecular weight is 391 g/mol. The molecular weight excluding hydrogens is 372 g/mol. The fourth-order valence-electron chi connectivity index (χ4n) is 2.34. The number of likely N-dealkylation sites (tertiary alicyclic amines) is 1. The largest absolute Gasteiger partial charge is 0.462 e. The van der Waals surface area contributed by atoms with Gasteiger partial charge in [0, 0.05) is 10.1 Å². The molecule has 1 aromatic rings. The van der Waals surface area contributed by atoms with Crippen molar-refractivity contribution in [3.05, 3.63) is 33.1 Å². The van der Waals surface area contributed by atoms with Crippen molar-refractivity contribution in [2.75, 3.05) is 26.2 Å². The van der Waals surface area contributed by atoms with Crippen LogP contribution in [-0.2, 0) is 4.74 Å². The van der Waals surface area contributed by atoms with E-state index in [1.54, 1.807) is 0 Å². The third kappa shape index (κ3) is 4.70. The van der Waals surface area contributed by atoms with Crippen LogP contribution in [0.1, 0.15) is 36.0 Å². The Morgan fingerprint density at radius 1 is 1.30 bits per heavy atom. The predicted molar refractivity (Wildman–Crippen MR) is 84.3 cm³/mol. The number of halogens is 2. The topological polar surface area (TPSA) is 29.5 Å². The molecule has 0 spiro atoms. The summed E-state index contributed by atoms with van der Waals surface area (Å²) in [6.45, 7) is 3.71. The lowest BCUT2D eigenvalue weighted by atomic mass is 10.1. The highest BCUT2D eigenvalue weighted by Gasteiger charge is 2.11. The van der Waals surface area contributed by atoms with Gasteiger partial charge in [-0.25, -0.2) is 9.18 Å². The maximum absolute atomic E-state index is 13.1. The van der Waals surface area contributed by atoms with Crippen LogP contribution in [0.15, 0.2) is 18.2 Å². The van der Waals surface area contributed by atoms with Gasteiger partial charge in [0.05, 0.1) is 12.2 Å². The molecule has 3 nitrogen and oxygen atoms in total. The first-order chi connectivity index (χ1) is 9.66. The minimum atomic E-state index is -0.374. The second-order valence-corrected chi connectivity index (χ2v) is 6.18. The molecule has 0 bridgehead atoms. The van der Waals surface area contributed by atoms with Gasteiger partial charge < -0.3 is 9.64 Å². The Balaban J connectivity index is 1.70. The smallest absolute Gasteiger partial charge is 0.338 e. The van der Waals surface area contributed by atoms with Crippen molar-refractivity contribution in [3.8, 4) is 0 Å². The van der Waals surface area contributed by atoms with Crippen LogP contribution in [-0.4, -0.2) is 37.1 Å². The van der Waals surface area contributed by atoms with Gasteiger partial charge in [0.25, 0.3) is 0 Å². The van der Waals surface area contributed by atoms with E-state index in [9.17, 15) is 9.18 Å². The molecule has 0 radical (unpaired) electrons. The molecule has 1 aliphatic heterocycles. The van der Waals surface area contributed by atoms with E-state index in [2.05, 4.69) is 4.90 Å². The second-order valence-electron chi connectivity index (χ2n) is 5.02. The number of benzene rings is 1. The lowest BCUT2D eigenvalue weighted by Gasteiger charge is -2.26. The number of rotatable bonds is 5. The Bertz CT molecular complexity index is 461. The summed E-state index contributed by atoms with van der Waals surface area (Å²) >= 11 is 1.87. The molecular formula is C15H19FINO2. The molecule has 0 N–H and O–H groups in total. The standard InChI is InChI=1S/C15H19FINO2/c16-13-6-5-12(11-14(13)17)15(19)20-10-4-9-18-7-2-1-3-8-18/h5-6,11H,1-4,7-10H2. The molecule has 110 valence electrons. The van der Waals surface area contributed by atoms with Crippen LogP contribution in [0.25, 0.3) is 0 Å². The van der Waals surface area contributed by atoms with Gasteiger partial charge in [-0.3, -0.25) is 0 Å². The van der Waals surface area contributed by atoms with Crippen LogP contribution in [0.3, 0.4) is 0 Å². The number of carbonyl (C=O) groups is 1. The van der Waals surface area contributed by atoms with E-state index in [-0.39, 0.29) is 11.8 Å². The third-order valence-electron chi connectivity index (χ3n) is 3.46. The Hall–Kier alpha value is -0.690. The molecule has 1 aliphatic rings. The molecule has 0 saturated carbocycles. The van der Waals surface area contributed by atoms with Gasteiger partial charge in [-0.05, 0) is 73.1 Å². The van der Waals surface area contributed by atoms with Gasteiger partial charge in [0.1, 0.15) is 5.82 Å². The maximum atomic E-state index is 13.1. The number of hydrogen-bond acceptors (Lipinski definition) is 3. The SMILES string of the molecule is O=C(OCCCN1CCCCC1)c1ccc(F)c(I)c1. The minimum Gasteiger partial charge on any atom is -0.462 e. The van der Waals surface area contributed by atoms with Gasteiger partial charge >= 0.3 is 5.97 Å². The van der Waals surface area contributed by atoms with Gasteiger partial charge in [-0.2, -0.15) is 0 Å². The Kier molecular flexibility index (Phi) is 6.22. The van der Waals surface area contributed by atoms with Crippen molar-refractivity contribution < 1.29 is 13.9 Å². The minimum absolute atomic E-state index is 0.313. The van der Waals surface area contributed by atoms with E-state index < -0.39 is 0 Å².